The number of hydrogen-bond acceptors (Lipinski definition) is 4. The van der Waals surface area contributed by atoms with Crippen LogP contribution in [0.3, 0.4) is 0 Å². The zero-order valence-corrected chi connectivity index (χ0v) is 17.8. The number of nitrogens with zero attached hydrogens (tertiary/aromatic N) is 2. The predicted octanol–water partition coefficient (Wildman–Crippen LogP) is 5.21. The van der Waals surface area contributed by atoms with Crippen molar-refractivity contribution in [2.24, 2.45) is 0 Å². The Kier molecular flexibility index (Phi) is 7.87. The van der Waals surface area contributed by atoms with Crippen LogP contribution in [0.15, 0.2) is 66.7 Å². The molecule has 0 saturated carbocycles. The van der Waals surface area contributed by atoms with Gasteiger partial charge in [0.05, 0.1) is 24.2 Å². The molecular formula is C25H25ClN2O2. The van der Waals surface area contributed by atoms with Crippen LogP contribution in [0.4, 0.5) is 0 Å². The molecule has 0 unspecified atom stereocenters. The normalized spacial score (nSPS) is 10.8. The molecule has 5 heteroatoms. The molecule has 0 bridgehead atoms. The van der Waals surface area contributed by atoms with Crippen LogP contribution < -0.4 is 4.74 Å². The van der Waals surface area contributed by atoms with Gasteiger partial charge in [-0.3, -0.25) is 4.90 Å². The third-order valence-corrected chi connectivity index (χ3v) is 5.32. The van der Waals surface area contributed by atoms with E-state index in [4.69, 9.17) is 26.7 Å². The maximum Gasteiger partial charge on any atom is 0.138 e. The van der Waals surface area contributed by atoms with Crippen LogP contribution in [0.1, 0.15) is 16.7 Å². The zero-order chi connectivity index (χ0) is 21.3. The number of ether oxygens (including phenoxy) is 1. The molecule has 0 atom stereocenters. The summed E-state index contributed by atoms with van der Waals surface area (Å²) in [5.74, 6) is 0.624. The molecule has 1 N–H and O–H groups in total. The van der Waals surface area contributed by atoms with E-state index in [1.54, 1.807) is 0 Å². The second-order valence-electron chi connectivity index (χ2n) is 7.10. The fourth-order valence-corrected chi connectivity index (χ4v) is 3.66. The standard InChI is InChI=1S/C25H25ClN2O2/c1-19-22(8-5-9-23(19)21-6-3-2-4-7-21)18-30-25-11-10-20(16-24(25)26)17-28(13-12-27)14-15-29/h2-11,16,29H,13-15,17-18H2,1H3. The quantitative estimate of drug-likeness (QED) is 0.482. The van der Waals surface area contributed by atoms with Crippen molar-refractivity contribution in [2.45, 2.75) is 20.1 Å². The average molecular weight is 421 g/mol. The lowest BCUT2D eigenvalue weighted by Gasteiger charge is -2.18. The maximum atomic E-state index is 9.14. The summed E-state index contributed by atoms with van der Waals surface area (Å²) in [7, 11) is 0. The fraction of sp³-hybridized carbons (Fsp3) is 0.240. The van der Waals surface area contributed by atoms with Gasteiger partial charge in [-0.15, -0.1) is 0 Å². The highest BCUT2D eigenvalue weighted by molar-refractivity contribution is 6.32. The number of benzene rings is 3. The molecule has 154 valence electrons. The van der Waals surface area contributed by atoms with Gasteiger partial charge in [0.1, 0.15) is 12.4 Å². The van der Waals surface area contributed by atoms with E-state index in [1.807, 2.05) is 47.4 Å². The van der Waals surface area contributed by atoms with E-state index in [0.717, 1.165) is 11.1 Å². The highest BCUT2D eigenvalue weighted by Gasteiger charge is 2.10. The van der Waals surface area contributed by atoms with Crippen LogP contribution in [0.5, 0.6) is 5.75 Å². The van der Waals surface area contributed by atoms with Crippen molar-refractivity contribution >= 4 is 11.6 Å². The van der Waals surface area contributed by atoms with Gasteiger partial charge in [-0.1, -0.05) is 66.2 Å². The van der Waals surface area contributed by atoms with Crippen molar-refractivity contribution in [3.8, 4) is 22.9 Å². The Bertz CT molecular complexity index is 1020. The summed E-state index contributed by atoms with van der Waals surface area (Å²) in [6, 6.07) is 24.3. The van der Waals surface area contributed by atoms with Crippen molar-refractivity contribution in [1.82, 2.24) is 4.90 Å². The van der Waals surface area contributed by atoms with E-state index in [2.05, 4.69) is 37.3 Å². The van der Waals surface area contributed by atoms with Gasteiger partial charge in [0, 0.05) is 13.1 Å². The summed E-state index contributed by atoms with van der Waals surface area (Å²) in [6.07, 6.45) is 0. The van der Waals surface area contributed by atoms with Gasteiger partial charge in [0.15, 0.2) is 0 Å². The van der Waals surface area contributed by atoms with Crippen molar-refractivity contribution in [3.05, 3.63) is 88.4 Å². The molecule has 0 aliphatic carbocycles. The maximum absolute atomic E-state index is 9.14. The minimum atomic E-state index is 0.0119. The monoisotopic (exact) mass is 420 g/mol. The van der Waals surface area contributed by atoms with E-state index >= 15 is 0 Å². The first kappa shape index (κ1) is 21.9. The van der Waals surface area contributed by atoms with Gasteiger partial charge in [-0.05, 0) is 46.9 Å². The second-order valence-corrected chi connectivity index (χ2v) is 7.51. The van der Waals surface area contributed by atoms with Crippen LogP contribution in [-0.2, 0) is 13.2 Å². The molecule has 0 heterocycles. The summed E-state index contributed by atoms with van der Waals surface area (Å²) in [5, 5.41) is 18.6. The van der Waals surface area contributed by atoms with Crippen LogP contribution in [-0.4, -0.2) is 29.7 Å². The molecule has 3 aromatic carbocycles. The van der Waals surface area contributed by atoms with Crippen molar-refractivity contribution in [3.63, 3.8) is 0 Å². The molecule has 0 fully saturated rings. The van der Waals surface area contributed by atoms with Gasteiger partial charge in [0.2, 0.25) is 0 Å². The minimum Gasteiger partial charge on any atom is -0.487 e. The van der Waals surface area contributed by atoms with Crippen molar-refractivity contribution < 1.29 is 9.84 Å². The Morgan fingerprint density at radius 2 is 1.87 bits per heavy atom. The predicted molar refractivity (Wildman–Crippen MR) is 120 cm³/mol. The highest BCUT2D eigenvalue weighted by Crippen LogP contribution is 2.29. The molecule has 0 aliphatic rings. The second kappa shape index (κ2) is 10.8. The molecule has 0 saturated heterocycles. The average Bonchev–Trinajstić information content (AvgIpc) is 2.75. The number of aliphatic hydroxyl groups is 1. The van der Waals surface area contributed by atoms with Crippen LogP contribution in [0.25, 0.3) is 11.1 Å². The first-order valence-electron chi connectivity index (χ1n) is 9.87. The number of rotatable bonds is 9. The first-order chi connectivity index (χ1) is 14.6. The molecule has 3 rings (SSSR count). The summed E-state index contributed by atoms with van der Waals surface area (Å²) in [6.45, 7) is 3.80. The molecule has 30 heavy (non-hydrogen) atoms. The van der Waals surface area contributed by atoms with Gasteiger partial charge < -0.3 is 9.84 Å². The molecule has 4 nitrogen and oxygen atoms in total. The highest BCUT2D eigenvalue weighted by atomic mass is 35.5. The Hall–Kier alpha value is -2.84. The lowest BCUT2D eigenvalue weighted by Crippen LogP contribution is -2.26. The Balaban J connectivity index is 1.70. The molecule has 0 aromatic heterocycles. The summed E-state index contributed by atoms with van der Waals surface area (Å²) < 4.78 is 6.01. The summed E-state index contributed by atoms with van der Waals surface area (Å²) in [4.78, 5) is 1.87. The molecule has 0 aliphatic heterocycles. The zero-order valence-electron chi connectivity index (χ0n) is 17.0. The fourth-order valence-electron chi connectivity index (χ4n) is 3.40. The van der Waals surface area contributed by atoms with Crippen molar-refractivity contribution in [2.75, 3.05) is 19.7 Å². The van der Waals surface area contributed by atoms with Crippen LogP contribution >= 0.6 is 11.6 Å². The third kappa shape index (κ3) is 5.61. The molecular weight excluding hydrogens is 396 g/mol. The molecule has 3 aromatic rings. The van der Waals surface area contributed by atoms with Gasteiger partial charge in [0.25, 0.3) is 0 Å². The topological polar surface area (TPSA) is 56.5 Å². The summed E-state index contributed by atoms with van der Waals surface area (Å²) >= 11 is 6.44. The first-order valence-corrected chi connectivity index (χ1v) is 10.3. The van der Waals surface area contributed by atoms with Gasteiger partial charge in [-0.25, -0.2) is 0 Å². The van der Waals surface area contributed by atoms with Crippen molar-refractivity contribution in [1.29, 1.82) is 5.26 Å². The Morgan fingerprint density at radius 3 is 2.57 bits per heavy atom. The molecule has 0 amide bonds. The molecule has 0 spiro atoms. The summed E-state index contributed by atoms with van der Waals surface area (Å²) in [5.41, 5.74) is 5.65. The van der Waals surface area contributed by atoms with Crippen LogP contribution in [0, 0.1) is 18.3 Å². The van der Waals surface area contributed by atoms with Gasteiger partial charge in [-0.2, -0.15) is 5.26 Å². The lowest BCUT2D eigenvalue weighted by molar-refractivity contribution is 0.205. The Labute approximate surface area is 182 Å². The van der Waals surface area contributed by atoms with E-state index in [1.165, 1.54) is 16.7 Å². The number of halogens is 1. The number of nitriles is 1. The minimum absolute atomic E-state index is 0.0119. The number of aliphatic hydroxyl groups excluding tert-OH is 1. The Morgan fingerprint density at radius 1 is 1.07 bits per heavy atom. The van der Waals surface area contributed by atoms with Gasteiger partial charge >= 0.3 is 0 Å². The van der Waals surface area contributed by atoms with E-state index in [0.29, 0.717) is 30.5 Å². The third-order valence-electron chi connectivity index (χ3n) is 5.03. The van der Waals surface area contributed by atoms with E-state index in [9.17, 15) is 0 Å². The molecule has 0 radical (unpaired) electrons. The van der Waals surface area contributed by atoms with E-state index in [-0.39, 0.29) is 13.2 Å². The number of hydrogen-bond donors (Lipinski definition) is 1. The van der Waals surface area contributed by atoms with Crippen LogP contribution in [0.2, 0.25) is 5.02 Å². The van der Waals surface area contributed by atoms with E-state index < -0.39 is 0 Å². The SMILES string of the molecule is Cc1c(COc2ccc(CN(CC#N)CCO)cc2Cl)cccc1-c1ccccc1. The lowest BCUT2D eigenvalue weighted by atomic mass is 9.97. The smallest absolute Gasteiger partial charge is 0.138 e. The largest absolute Gasteiger partial charge is 0.487 e.